The second-order valence-electron chi connectivity index (χ2n) is 7.51. The van der Waals surface area contributed by atoms with Gasteiger partial charge in [-0.2, -0.15) is 0 Å². The van der Waals surface area contributed by atoms with Crippen LogP contribution < -0.4 is 10.7 Å². The molecule has 0 unspecified atom stereocenters. The van der Waals surface area contributed by atoms with Gasteiger partial charge in [-0.25, -0.2) is 0 Å². The second kappa shape index (κ2) is 11.7. The molecule has 1 aliphatic heterocycles. The number of rotatable bonds is 9. The van der Waals surface area contributed by atoms with Crippen molar-refractivity contribution in [2.24, 2.45) is 0 Å². The number of hydrogen-bond donors (Lipinski definition) is 0. The average molecular weight is 603 g/mol. The van der Waals surface area contributed by atoms with Gasteiger partial charge in [0.2, 0.25) is 0 Å². The Morgan fingerprint density at radius 2 is 1.09 bits per heavy atom. The molecule has 0 aromatic heterocycles. The van der Waals surface area contributed by atoms with E-state index in [1.807, 2.05) is 32.0 Å². The molecule has 0 bridgehead atoms. The van der Waals surface area contributed by atoms with Gasteiger partial charge in [-0.3, -0.25) is 0 Å². The molecule has 1 saturated heterocycles. The van der Waals surface area contributed by atoms with E-state index in [1.165, 1.54) is 10.7 Å². The van der Waals surface area contributed by atoms with E-state index in [9.17, 15) is 4.57 Å². The summed E-state index contributed by atoms with van der Waals surface area (Å²) in [7, 11) is -3.57. The molecule has 3 aromatic carbocycles. The topological polar surface area (TPSA) is 35.5 Å². The first kappa shape index (κ1) is 25.2. The van der Waals surface area contributed by atoms with E-state index >= 15 is 0 Å². The SMILES string of the molecule is CCOP(=O)(OCC)[C](=C1SCCS1)[Sn]([c]1ccccc1)([c]1ccccc1)[c]1ccccc1. The number of benzene rings is 3. The van der Waals surface area contributed by atoms with Crippen molar-refractivity contribution < 1.29 is 13.6 Å². The normalized spacial score (nSPS) is 14.4. The minimum atomic E-state index is -4.12. The predicted molar refractivity (Wildman–Crippen MR) is 147 cm³/mol. The standard InChI is InChI=1S/C8H14O3PS2.3C6H5.Sn/c1-3-10-12(9,11-4-2)7-8-13-5-6-14-8;3*1-2-4-6-5-3-1;/h3-6H2,1-2H3;3*1-5H;. The minimum absolute atomic E-state index is 0.337. The molecule has 0 spiro atoms. The zero-order chi connectivity index (χ0) is 23.2. The third-order valence-corrected chi connectivity index (χ3v) is 29.2. The van der Waals surface area contributed by atoms with Crippen molar-refractivity contribution in [3.05, 3.63) is 98.6 Å². The zero-order valence-corrected chi connectivity index (χ0v) is 24.4. The Morgan fingerprint density at radius 1 is 0.727 bits per heavy atom. The molecule has 33 heavy (non-hydrogen) atoms. The van der Waals surface area contributed by atoms with Crippen LogP contribution in [0, 0.1) is 0 Å². The van der Waals surface area contributed by atoms with E-state index in [-0.39, 0.29) is 0 Å². The molecule has 0 radical (unpaired) electrons. The first-order valence-electron chi connectivity index (χ1n) is 11.2. The van der Waals surface area contributed by atoms with Crippen LogP contribution in [0.1, 0.15) is 13.8 Å². The van der Waals surface area contributed by atoms with E-state index in [4.69, 9.17) is 9.05 Å². The summed E-state index contributed by atoms with van der Waals surface area (Å²) >= 11 is -0.510. The Balaban J connectivity index is 2.19. The Kier molecular flexibility index (Phi) is 8.88. The molecule has 0 aliphatic carbocycles. The van der Waals surface area contributed by atoms with Crippen molar-refractivity contribution in [3.63, 3.8) is 0 Å². The molecule has 0 N–H and O–H groups in total. The molecule has 172 valence electrons. The van der Waals surface area contributed by atoms with Crippen molar-refractivity contribution in [2.45, 2.75) is 13.8 Å². The van der Waals surface area contributed by atoms with Gasteiger partial charge in [0.1, 0.15) is 0 Å². The molecule has 4 rings (SSSR count). The molecule has 1 aliphatic rings. The average Bonchev–Trinajstić information content (AvgIpc) is 3.38. The van der Waals surface area contributed by atoms with Crippen molar-refractivity contribution in [2.75, 3.05) is 24.7 Å². The van der Waals surface area contributed by atoms with Gasteiger partial charge in [0.15, 0.2) is 0 Å². The summed E-state index contributed by atoms with van der Waals surface area (Å²) in [5, 5.41) is 0. The fourth-order valence-electron chi connectivity index (χ4n) is 4.40. The fourth-order valence-corrected chi connectivity index (χ4v) is 31.8. The summed E-state index contributed by atoms with van der Waals surface area (Å²) in [6, 6.07) is 32.0. The van der Waals surface area contributed by atoms with Crippen molar-refractivity contribution >= 4 is 60.2 Å². The first-order chi connectivity index (χ1) is 16.2. The summed E-state index contributed by atoms with van der Waals surface area (Å²) in [5.74, 6) is 2.00. The van der Waals surface area contributed by atoms with Gasteiger partial charge >= 0.3 is 211 Å². The predicted octanol–water partition coefficient (Wildman–Crippen LogP) is 5.61. The van der Waals surface area contributed by atoms with Gasteiger partial charge in [0.25, 0.3) is 0 Å². The Morgan fingerprint density at radius 3 is 1.42 bits per heavy atom. The van der Waals surface area contributed by atoms with Crippen LogP contribution in [0.4, 0.5) is 0 Å². The van der Waals surface area contributed by atoms with Gasteiger partial charge in [0.05, 0.1) is 0 Å². The third-order valence-electron chi connectivity index (χ3n) is 5.59. The molecule has 3 nitrogen and oxygen atoms in total. The van der Waals surface area contributed by atoms with E-state index < -0.39 is 26.0 Å². The first-order valence-corrected chi connectivity index (χ1v) is 20.5. The number of thioether (sulfide) groups is 2. The van der Waals surface area contributed by atoms with Gasteiger partial charge in [-0.05, 0) is 0 Å². The quantitative estimate of drug-likeness (QED) is 0.235. The monoisotopic (exact) mass is 604 g/mol. The van der Waals surface area contributed by atoms with Crippen LogP contribution in [0.15, 0.2) is 98.6 Å². The third kappa shape index (κ3) is 5.05. The Labute approximate surface area is 209 Å². The van der Waals surface area contributed by atoms with Crippen LogP contribution in [0.5, 0.6) is 0 Å². The maximum atomic E-state index is 14.8. The van der Waals surface area contributed by atoms with Crippen molar-refractivity contribution in [1.29, 1.82) is 0 Å². The summed E-state index contributed by atoms with van der Waals surface area (Å²) in [6.07, 6.45) is 0. The molecular formula is C26H29O3PS2Sn. The molecule has 0 saturated carbocycles. The number of hydrogen-bond acceptors (Lipinski definition) is 5. The van der Waals surface area contributed by atoms with Gasteiger partial charge in [-0.15, -0.1) is 0 Å². The van der Waals surface area contributed by atoms with Crippen LogP contribution in [0.3, 0.4) is 0 Å². The van der Waals surface area contributed by atoms with Crippen LogP contribution in [0.25, 0.3) is 0 Å². The van der Waals surface area contributed by atoms with E-state index in [0.717, 1.165) is 19.1 Å². The van der Waals surface area contributed by atoms with E-state index in [2.05, 4.69) is 72.8 Å². The fraction of sp³-hybridized carbons (Fsp3) is 0.231. The molecule has 0 atom stereocenters. The summed E-state index contributed by atoms with van der Waals surface area (Å²) < 4.78 is 32.8. The maximum absolute atomic E-state index is 14.8. The van der Waals surface area contributed by atoms with Crippen LogP contribution in [-0.4, -0.2) is 43.1 Å². The van der Waals surface area contributed by atoms with Crippen LogP contribution in [-0.2, 0) is 13.6 Å². The Hall–Kier alpha value is -0.951. The van der Waals surface area contributed by atoms with Gasteiger partial charge in [-0.1, -0.05) is 0 Å². The Bertz CT molecular complexity index is 1010. The molecule has 7 heteroatoms. The molecule has 0 amide bonds. The van der Waals surface area contributed by atoms with E-state index in [1.54, 1.807) is 23.5 Å². The van der Waals surface area contributed by atoms with Gasteiger partial charge < -0.3 is 0 Å². The van der Waals surface area contributed by atoms with Gasteiger partial charge in [0, 0.05) is 0 Å². The molecular weight excluding hydrogens is 574 g/mol. The van der Waals surface area contributed by atoms with E-state index in [0.29, 0.717) is 13.2 Å². The van der Waals surface area contributed by atoms with Crippen LogP contribution >= 0.6 is 31.1 Å². The van der Waals surface area contributed by atoms with Crippen molar-refractivity contribution in [1.82, 2.24) is 0 Å². The zero-order valence-electron chi connectivity index (χ0n) is 19.0. The molecule has 1 heterocycles. The van der Waals surface area contributed by atoms with Crippen molar-refractivity contribution in [3.8, 4) is 0 Å². The molecule has 3 aromatic rings. The summed E-state index contributed by atoms with van der Waals surface area (Å²) in [4.78, 5) is 0. The summed E-state index contributed by atoms with van der Waals surface area (Å²) in [6.45, 7) is 4.47. The second-order valence-corrected chi connectivity index (χ2v) is 23.8. The van der Waals surface area contributed by atoms with Crippen LogP contribution in [0.2, 0.25) is 0 Å². The molecule has 1 fully saturated rings. The summed E-state index contributed by atoms with van der Waals surface area (Å²) in [5.41, 5.74) is 0.